The van der Waals surface area contributed by atoms with Gasteiger partial charge in [-0.1, -0.05) is 12.1 Å². The van der Waals surface area contributed by atoms with E-state index in [-0.39, 0.29) is 17.2 Å². The van der Waals surface area contributed by atoms with Gasteiger partial charge in [-0.15, -0.1) is 0 Å². The number of halogens is 4. The number of rotatable bonds is 7. The predicted molar refractivity (Wildman–Crippen MR) is 141 cm³/mol. The van der Waals surface area contributed by atoms with E-state index in [0.29, 0.717) is 40.8 Å². The zero-order valence-electron chi connectivity index (χ0n) is 21.0. The molecule has 11 heteroatoms. The standard InChI is InChI=1S/C27H26F4N6O/c1-36(2)10-11-37(3)24-9-6-19(27(29,30)31)14-23(24)34-25(38)20-13-17(4-7-21(20)28)16-5-8-22-18(12-16)15-33-26(32)35-22/h4-9,12-15H,10-11H2,1-3H3,(H,34,38)(H2,32,33,35). The van der Waals surface area contributed by atoms with E-state index in [1.54, 1.807) is 36.3 Å². The van der Waals surface area contributed by atoms with Gasteiger partial charge in [-0.05, 0) is 67.7 Å². The van der Waals surface area contributed by atoms with Crippen LogP contribution in [0.25, 0.3) is 22.0 Å². The van der Waals surface area contributed by atoms with Crippen molar-refractivity contribution in [2.75, 3.05) is 50.2 Å². The molecule has 7 nitrogen and oxygen atoms in total. The molecule has 0 aliphatic carbocycles. The van der Waals surface area contributed by atoms with Crippen molar-refractivity contribution in [1.29, 1.82) is 0 Å². The highest BCUT2D eigenvalue weighted by Crippen LogP contribution is 2.36. The number of benzene rings is 3. The van der Waals surface area contributed by atoms with Crippen LogP contribution in [0, 0.1) is 5.82 Å². The summed E-state index contributed by atoms with van der Waals surface area (Å²) in [6, 6.07) is 12.4. The minimum Gasteiger partial charge on any atom is -0.372 e. The summed E-state index contributed by atoms with van der Waals surface area (Å²) in [5.74, 6) is -1.55. The quantitative estimate of drug-likeness (QED) is 0.319. The normalized spacial score (nSPS) is 11.7. The van der Waals surface area contributed by atoms with Gasteiger partial charge in [0.15, 0.2) is 0 Å². The van der Waals surface area contributed by atoms with Gasteiger partial charge < -0.3 is 20.9 Å². The van der Waals surface area contributed by atoms with Crippen molar-refractivity contribution in [1.82, 2.24) is 14.9 Å². The van der Waals surface area contributed by atoms with Crippen LogP contribution >= 0.6 is 0 Å². The second-order valence-corrected chi connectivity index (χ2v) is 9.11. The van der Waals surface area contributed by atoms with Gasteiger partial charge in [0.2, 0.25) is 5.95 Å². The minimum atomic E-state index is -4.62. The molecule has 0 saturated heterocycles. The van der Waals surface area contributed by atoms with Crippen molar-refractivity contribution < 1.29 is 22.4 Å². The van der Waals surface area contributed by atoms with Crippen LogP contribution in [0.2, 0.25) is 0 Å². The summed E-state index contributed by atoms with van der Waals surface area (Å²) in [6.45, 7) is 1.12. The molecule has 0 bridgehead atoms. The molecule has 0 saturated carbocycles. The summed E-state index contributed by atoms with van der Waals surface area (Å²) >= 11 is 0. The Balaban J connectivity index is 1.68. The first-order valence-electron chi connectivity index (χ1n) is 11.6. The van der Waals surface area contributed by atoms with Crippen LogP contribution in [-0.2, 0) is 6.18 Å². The number of anilines is 3. The molecule has 4 aromatic rings. The fraction of sp³-hybridized carbons (Fsp3) is 0.222. The number of nitrogens with zero attached hydrogens (tertiary/aromatic N) is 4. The van der Waals surface area contributed by atoms with Crippen molar-refractivity contribution in [2.45, 2.75) is 6.18 Å². The number of carbonyl (C=O) groups is 1. The number of nitrogens with one attached hydrogen (secondary N) is 1. The number of likely N-dealkylation sites (N-methyl/N-ethyl adjacent to an activating group) is 2. The van der Waals surface area contributed by atoms with E-state index in [1.807, 2.05) is 19.0 Å². The van der Waals surface area contributed by atoms with Crippen LogP contribution in [0.15, 0.2) is 60.8 Å². The highest BCUT2D eigenvalue weighted by Gasteiger charge is 2.31. The van der Waals surface area contributed by atoms with E-state index in [0.717, 1.165) is 18.2 Å². The predicted octanol–water partition coefficient (Wildman–Crippen LogP) is 5.29. The molecule has 0 unspecified atom stereocenters. The third-order valence-electron chi connectivity index (χ3n) is 6.01. The van der Waals surface area contributed by atoms with Crippen LogP contribution < -0.4 is 16.0 Å². The first-order valence-corrected chi connectivity index (χ1v) is 11.6. The first-order chi connectivity index (χ1) is 17.9. The van der Waals surface area contributed by atoms with Crippen LogP contribution in [0.4, 0.5) is 34.9 Å². The Morgan fingerprint density at radius 2 is 1.68 bits per heavy atom. The number of alkyl halides is 3. The fourth-order valence-corrected chi connectivity index (χ4v) is 3.91. The SMILES string of the molecule is CN(C)CCN(C)c1ccc(C(F)(F)F)cc1NC(=O)c1cc(-c2ccc3nc(N)ncc3c2)ccc1F. The summed E-state index contributed by atoms with van der Waals surface area (Å²) in [4.78, 5) is 24.9. The molecule has 0 spiro atoms. The number of nitrogens with two attached hydrogens (primary N) is 1. The Morgan fingerprint density at radius 3 is 2.39 bits per heavy atom. The van der Waals surface area contributed by atoms with Gasteiger partial charge in [0, 0.05) is 31.7 Å². The highest BCUT2D eigenvalue weighted by atomic mass is 19.4. The molecule has 0 aliphatic rings. The maximum absolute atomic E-state index is 14.8. The second kappa shape index (κ2) is 10.6. The molecular formula is C27H26F4N6O. The first kappa shape index (κ1) is 26.8. The Hall–Kier alpha value is -4.25. The van der Waals surface area contributed by atoms with Crippen molar-refractivity contribution >= 4 is 34.1 Å². The van der Waals surface area contributed by atoms with Gasteiger partial charge >= 0.3 is 6.18 Å². The maximum atomic E-state index is 14.8. The molecule has 0 radical (unpaired) electrons. The summed E-state index contributed by atoms with van der Waals surface area (Å²) in [6.07, 6.45) is -3.06. The molecular weight excluding hydrogens is 500 g/mol. The van der Waals surface area contributed by atoms with E-state index in [1.165, 1.54) is 18.2 Å². The van der Waals surface area contributed by atoms with Crippen molar-refractivity contribution in [2.24, 2.45) is 0 Å². The van der Waals surface area contributed by atoms with Gasteiger partial charge in [-0.2, -0.15) is 13.2 Å². The third kappa shape index (κ3) is 6.00. The lowest BCUT2D eigenvalue weighted by molar-refractivity contribution is -0.137. The molecule has 1 aromatic heterocycles. The Bertz CT molecular complexity index is 1490. The van der Waals surface area contributed by atoms with Crippen molar-refractivity contribution in [3.05, 3.63) is 77.7 Å². The van der Waals surface area contributed by atoms with Crippen LogP contribution in [-0.4, -0.2) is 55.0 Å². The van der Waals surface area contributed by atoms with Crippen LogP contribution in [0.5, 0.6) is 0 Å². The molecule has 0 fully saturated rings. The lowest BCUT2D eigenvalue weighted by Crippen LogP contribution is -2.29. The largest absolute Gasteiger partial charge is 0.416 e. The summed E-state index contributed by atoms with van der Waals surface area (Å²) in [5, 5.41) is 3.19. The van der Waals surface area contributed by atoms with E-state index >= 15 is 0 Å². The summed E-state index contributed by atoms with van der Waals surface area (Å²) < 4.78 is 55.1. The fourth-order valence-electron chi connectivity index (χ4n) is 3.91. The Kier molecular flexibility index (Phi) is 7.49. The van der Waals surface area contributed by atoms with E-state index in [4.69, 9.17) is 5.73 Å². The lowest BCUT2D eigenvalue weighted by Gasteiger charge is -2.25. The number of hydrogen-bond acceptors (Lipinski definition) is 6. The van der Waals surface area contributed by atoms with Gasteiger partial charge in [-0.25, -0.2) is 14.4 Å². The zero-order valence-corrected chi connectivity index (χ0v) is 21.0. The summed E-state index contributed by atoms with van der Waals surface area (Å²) in [7, 11) is 5.45. The smallest absolute Gasteiger partial charge is 0.372 e. The van der Waals surface area contributed by atoms with Gasteiger partial charge in [0.05, 0.1) is 28.0 Å². The lowest BCUT2D eigenvalue weighted by atomic mass is 10.0. The molecule has 4 rings (SSSR count). The number of amides is 1. The molecule has 3 aromatic carbocycles. The Morgan fingerprint density at radius 1 is 0.974 bits per heavy atom. The highest BCUT2D eigenvalue weighted by molar-refractivity contribution is 6.07. The van der Waals surface area contributed by atoms with Gasteiger partial charge in [0.25, 0.3) is 5.91 Å². The van der Waals surface area contributed by atoms with E-state index in [9.17, 15) is 22.4 Å². The number of fused-ring (bicyclic) bond motifs is 1. The van der Waals surface area contributed by atoms with Crippen molar-refractivity contribution in [3.63, 3.8) is 0 Å². The molecule has 0 atom stereocenters. The Labute approximate surface area is 216 Å². The van der Waals surface area contributed by atoms with Crippen molar-refractivity contribution in [3.8, 4) is 11.1 Å². The number of carbonyl (C=O) groups excluding carboxylic acids is 1. The van der Waals surface area contributed by atoms with E-state index in [2.05, 4.69) is 15.3 Å². The summed E-state index contributed by atoms with van der Waals surface area (Å²) in [5.41, 5.74) is 6.51. The molecule has 3 N–H and O–H groups in total. The molecule has 198 valence electrons. The average molecular weight is 527 g/mol. The average Bonchev–Trinajstić information content (AvgIpc) is 2.86. The molecule has 38 heavy (non-hydrogen) atoms. The van der Waals surface area contributed by atoms with Gasteiger partial charge in [-0.3, -0.25) is 4.79 Å². The second-order valence-electron chi connectivity index (χ2n) is 9.11. The van der Waals surface area contributed by atoms with Gasteiger partial charge in [0.1, 0.15) is 5.82 Å². The third-order valence-corrected chi connectivity index (χ3v) is 6.01. The van der Waals surface area contributed by atoms with E-state index < -0.39 is 23.5 Å². The number of hydrogen-bond donors (Lipinski definition) is 2. The topological polar surface area (TPSA) is 87.4 Å². The monoisotopic (exact) mass is 526 g/mol. The number of nitrogen functional groups attached to an aromatic ring is 1. The maximum Gasteiger partial charge on any atom is 0.416 e. The molecule has 1 heterocycles. The molecule has 0 aliphatic heterocycles. The van der Waals surface area contributed by atoms with Crippen LogP contribution in [0.1, 0.15) is 15.9 Å². The minimum absolute atomic E-state index is 0.0728. The number of aromatic nitrogens is 2. The van der Waals surface area contributed by atoms with Crippen LogP contribution in [0.3, 0.4) is 0 Å². The molecule has 1 amide bonds. The zero-order chi connectivity index (χ0) is 27.6.